The van der Waals surface area contributed by atoms with Crippen LogP contribution in [0.5, 0.6) is 0 Å². The summed E-state index contributed by atoms with van der Waals surface area (Å²) in [6.07, 6.45) is 2.21. The molecule has 0 saturated carbocycles. The minimum absolute atomic E-state index is 0.0228. The van der Waals surface area contributed by atoms with E-state index in [4.69, 9.17) is 5.11 Å². The molecule has 4 atom stereocenters. The Morgan fingerprint density at radius 1 is 1.11 bits per heavy atom. The third kappa shape index (κ3) is 2.69. The Morgan fingerprint density at radius 3 is 2.37 bits per heavy atom. The molecule has 108 valence electrons. The molecule has 0 radical (unpaired) electrons. The molecule has 0 aromatic heterocycles. The zero-order valence-electron chi connectivity index (χ0n) is 12.0. The van der Waals surface area contributed by atoms with Gasteiger partial charge < -0.3 is 14.9 Å². The van der Waals surface area contributed by atoms with Gasteiger partial charge in [-0.2, -0.15) is 0 Å². The van der Waals surface area contributed by atoms with E-state index in [1.807, 2.05) is 11.8 Å². The highest BCUT2D eigenvalue weighted by Crippen LogP contribution is 2.28. The number of hydrogen-bond donors (Lipinski definition) is 1. The summed E-state index contributed by atoms with van der Waals surface area (Å²) in [6.45, 7) is 7.90. The van der Waals surface area contributed by atoms with Crippen molar-refractivity contribution in [2.75, 3.05) is 19.6 Å². The molecule has 2 aliphatic rings. The molecule has 2 aliphatic heterocycles. The maximum absolute atomic E-state index is 12.5. The van der Waals surface area contributed by atoms with Gasteiger partial charge in [0.05, 0.1) is 5.92 Å². The molecule has 2 fully saturated rings. The summed E-state index contributed by atoms with van der Waals surface area (Å²) in [7, 11) is 0. The minimum Gasteiger partial charge on any atom is -0.481 e. The van der Waals surface area contributed by atoms with Crippen molar-refractivity contribution >= 4 is 12.0 Å². The second-order valence-electron chi connectivity index (χ2n) is 6.16. The van der Waals surface area contributed by atoms with Crippen LogP contribution in [0.3, 0.4) is 0 Å². The van der Waals surface area contributed by atoms with Gasteiger partial charge in [-0.3, -0.25) is 4.79 Å². The van der Waals surface area contributed by atoms with E-state index in [9.17, 15) is 9.59 Å². The lowest BCUT2D eigenvalue weighted by Gasteiger charge is -2.39. The van der Waals surface area contributed by atoms with Crippen molar-refractivity contribution in [3.63, 3.8) is 0 Å². The van der Waals surface area contributed by atoms with Gasteiger partial charge in [-0.05, 0) is 31.6 Å². The second kappa shape index (κ2) is 5.39. The first-order valence-electron chi connectivity index (χ1n) is 7.20. The summed E-state index contributed by atoms with van der Waals surface area (Å²) in [6, 6.07) is 0.273. The van der Waals surface area contributed by atoms with E-state index in [-0.39, 0.29) is 18.0 Å². The zero-order valence-corrected chi connectivity index (χ0v) is 12.0. The summed E-state index contributed by atoms with van der Waals surface area (Å²) in [4.78, 5) is 27.3. The van der Waals surface area contributed by atoms with E-state index >= 15 is 0 Å². The van der Waals surface area contributed by atoms with Gasteiger partial charge in [-0.15, -0.1) is 0 Å². The van der Waals surface area contributed by atoms with Crippen molar-refractivity contribution in [3.05, 3.63) is 0 Å². The first-order chi connectivity index (χ1) is 8.91. The molecular formula is C14H24N2O3. The van der Waals surface area contributed by atoms with Crippen LogP contribution in [-0.4, -0.2) is 52.6 Å². The molecule has 0 aromatic rings. The number of carbonyl (C=O) groups is 2. The number of amides is 2. The fourth-order valence-electron chi connectivity index (χ4n) is 3.23. The molecule has 19 heavy (non-hydrogen) atoms. The minimum atomic E-state index is -0.789. The summed E-state index contributed by atoms with van der Waals surface area (Å²) < 4.78 is 0. The number of carboxylic acid groups (broad SMARTS) is 1. The van der Waals surface area contributed by atoms with Crippen LogP contribution in [0.2, 0.25) is 0 Å². The molecule has 1 N–H and O–H groups in total. The van der Waals surface area contributed by atoms with E-state index in [1.165, 1.54) is 6.42 Å². The van der Waals surface area contributed by atoms with Gasteiger partial charge in [0, 0.05) is 25.7 Å². The maximum atomic E-state index is 12.5. The zero-order chi connectivity index (χ0) is 14.2. The monoisotopic (exact) mass is 268 g/mol. The van der Waals surface area contributed by atoms with Crippen LogP contribution >= 0.6 is 0 Å². The molecule has 2 heterocycles. The Hall–Kier alpha value is -1.26. The molecule has 5 heteroatoms. The van der Waals surface area contributed by atoms with Gasteiger partial charge in [0.25, 0.3) is 0 Å². The van der Waals surface area contributed by atoms with Crippen LogP contribution in [0.1, 0.15) is 33.6 Å². The lowest BCUT2D eigenvalue weighted by atomic mass is 9.92. The van der Waals surface area contributed by atoms with E-state index in [0.29, 0.717) is 19.0 Å². The fraction of sp³-hybridized carbons (Fsp3) is 0.857. The number of urea groups is 1. The summed E-state index contributed by atoms with van der Waals surface area (Å²) >= 11 is 0. The first-order valence-corrected chi connectivity index (χ1v) is 7.20. The average Bonchev–Trinajstić information content (AvgIpc) is 2.74. The number of piperidine rings is 1. The normalized spacial score (nSPS) is 35.5. The number of carboxylic acids is 1. The average molecular weight is 268 g/mol. The number of rotatable bonds is 1. The van der Waals surface area contributed by atoms with Crippen molar-refractivity contribution < 1.29 is 14.7 Å². The highest BCUT2D eigenvalue weighted by Gasteiger charge is 2.40. The summed E-state index contributed by atoms with van der Waals surface area (Å²) in [5.41, 5.74) is 0. The van der Waals surface area contributed by atoms with E-state index in [2.05, 4.69) is 13.8 Å². The SMILES string of the molecule is CC1CN(C(=O)N2CCCC(C)C2C)CC1C(=O)O. The Morgan fingerprint density at radius 2 is 1.79 bits per heavy atom. The molecule has 2 rings (SSSR count). The predicted octanol–water partition coefficient (Wildman–Crippen LogP) is 1.88. The number of carbonyl (C=O) groups excluding carboxylic acids is 1. The molecule has 4 unspecified atom stereocenters. The van der Waals surface area contributed by atoms with Crippen molar-refractivity contribution in [2.45, 2.75) is 39.7 Å². The van der Waals surface area contributed by atoms with Crippen LogP contribution in [-0.2, 0) is 4.79 Å². The van der Waals surface area contributed by atoms with E-state index < -0.39 is 11.9 Å². The molecule has 2 amide bonds. The Balaban J connectivity index is 2.02. The Labute approximate surface area is 114 Å². The van der Waals surface area contributed by atoms with Crippen LogP contribution in [0, 0.1) is 17.8 Å². The largest absolute Gasteiger partial charge is 0.481 e. The highest BCUT2D eigenvalue weighted by atomic mass is 16.4. The second-order valence-corrected chi connectivity index (χ2v) is 6.16. The van der Waals surface area contributed by atoms with Crippen molar-refractivity contribution in [1.82, 2.24) is 9.80 Å². The maximum Gasteiger partial charge on any atom is 0.320 e. The molecular weight excluding hydrogens is 244 g/mol. The van der Waals surface area contributed by atoms with Gasteiger partial charge in [-0.1, -0.05) is 13.8 Å². The predicted molar refractivity (Wildman–Crippen MR) is 71.8 cm³/mol. The molecule has 0 aliphatic carbocycles. The molecule has 0 bridgehead atoms. The standard InChI is InChI=1S/C14H24N2O3/c1-9-5-4-6-16(11(9)3)14(19)15-7-10(2)12(8-15)13(17)18/h9-12H,4-8H2,1-3H3,(H,17,18). The van der Waals surface area contributed by atoms with Crippen molar-refractivity contribution in [2.24, 2.45) is 17.8 Å². The lowest BCUT2D eigenvalue weighted by Crippen LogP contribution is -2.51. The molecule has 5 nitrogen and oxygen atoms in total. The molecule has 0 aromatic carbocycles. The Bertz CT molecular complexity index is 372. The number of nitrogens with zero attached hydrogens (tertiary/aromatic N) is 2. The van der Waals surface area contributed by atoms with Crippen LogP contribution in [0.4, 0.5) is 4.79 Å². The van der Waals surface area contributed by atoms with Crippen LogP contribution in [0.15, 0.2) is 0 Å². The Kier molecular flexibility index (Phi) is 4.02. The van der Waals surface area contributed by atoms with E-state index in [0.717, 1.165) is 13.0 Å². The van der Waals surface area contributed by atoms with Gasteiger partial charge in [-0.25, -0.2) is 4.79 Å². The van der Waals surface area contributed by atoms with Gasteiger partial charge in [0.15, 0.2) is 0 Å². The quantitative estimate of drug-likeness (QED) is 0.790. The van der Waals surface area contributed by atoms with Crippen LogP contribution < -0.4 is 0 Å². The fourth-order valence-corrected chi connectivity index (χ4v) is 3.23. The highest BCUT2D eigenvalue weighted by molar-refractivity contribution is 5.78. The smallest absolute Gasteiger partial charge is 0.320 e. The summed E-state index contributed by atoms with van der Waals surface area (Å²) in [5, 5.41) is 9.14. The lowest BCUT2D eigenvalue weighted by molar-refractivity contribution is -0.142. The van der Waals surface area contributed by atoms with Gasteiger partial charge in [0.1, 0.15) is 0 Å². The molecule has 2 saturated heterocycles. The van der Waals surface area contributed by atoms with Crippen LogP contribution in [0.25, 0.3) is 0 Å². The van der Waals surface area contributed by atoms with E-state index in [1.54, 1.807) is 4.90 Å². The van der Waals surface area contributed by atoms with Gasteiger partial charge >= 0.3 is 12.0 Å². The van der Waals surface area contributed by atoms with Gasteiger partial charge in [0.2, 0.25) is 0 Å². The summed E-state index contributed by atoms with van der Waals surface area (Å²) in [5.74, 6) is -0.642. The van der Waals surface area contributed by atoms with Crippen molar-refractivity contribution in [1.29, 1.82) is 0 Å². The third-order valence-corrected chi connectivity index (χ3v) is 4.82. The first kappa shape index (κ1) is 14.2. The topological polar surface area (TPSA) is 60.9 Å². The number of aliphatic carboxylic acids is 1. The molecule has 0 spiro atoms. The third-order valence-electron chi connectivity index (χ3n) is 4.82. The number of likely N-dealkylation sites (tertiary alicyclic amines) is 2. The number of hydrogen-bond acceptors (Lipinski definition) is 2. The van der Waals surface area contributed by atoms with Crippen molar-refractivity contribution in [3.8, 4) is 0 Å².